The molecule has 1 aliphatic heterocycles. The van der Waals surface area contributed by atoms with E-state index >= 15 is 0 Å². The van der Waals surface area contributed by atoms with Gasteiger partial charge in [0.1, 0.15) is 0 Å². The topological polar surface area (TPSA) is 59.2 Å². The fraction of sp³-hybridized carbons (Fsp3) is 0.304. The Morgan fingerprint density at radius 2 is 1.83 bits per heavy atom. The molecule has 1 unspecified atom stereocenters. The second kappa shape index (κ2) is 9.12. The molecule has 3 aromatic rings. The third-order valence-electron chi connectivity index (χ3n) is 5.63. The molecule has 0 bridgehead atoms. The molecule has 29 heavy (non-hydrogen) atoms. The van der Waals surface area contributed by atoms with Gasteiger partial charge >= 0.3 is 0 Å². The smallest absolute Gasteiger partial charge is 0.254 e. The van der Waals surface area contributed by atoms with Crippen LogP contribution in [-0.2, 0) is 0 Å². The molecule has 0 saturated carbocycles. The van der Waals surface area contributed by atoms with Crippen LogP contribution in [0.15, 0.2) is 54.6 Å². The highest BCUT2D eigenvalue weighted by atomic mass is 35.5. The predicted molar refractivity (Wildman–Crippen MR) is 124 cm³/mol. The fourth-order valence-electron chi connectivity index (χ4n) is 3.76. The minimum atomic E-state index is 0. The molecule has 2 N–H and O–H groups in total. The van der Waals surface area contributed by atoms with E-state index in [-0.39, 0.29) is 36.1 Å². The van der Waals surface area contributed by atoms with Crippen LogP contribution < -0.4 is 5.73 Å². The van der Waals surface area contributed by atoms with E-state index < -0.39 is 0 Å². The van der Waals surface area contributed by atoms with E-state index in [0.717, 1.165) is 40.7 Å². The van der Waals surface area contributed by atoms with E-state index in [1.165, 1.54) is 5.56 Å². The monoisotopic (exact) mass is 431 g/mol. The second-order valence-electron chi connectivity index (χ2n) is 7.93. The van der Waals surface area contributed by atoms with Crippen molar-refractivity contribution in [1.82, 2.24) is 9.88 Å². The number of carbonyl (C=O) groups is 1. The number of hydrogen-bond acceptors (Lipinski definition) is 3. The maximum absolute atomic E-state index is 13.4. The van der Waals surface area contributed by atoms with Gasteiger partial charge in [0.15, 0.2) is 0 Å². The lowest BCUT2D eigenvalue weighted by molar-refractivity contribution is 0.0779. The number of nitrogens with two attached hydrogens (primary N) is 1. The fourth-order valence-corrected chi connectivity index (χ4v) is 3.76. The number of carbonyl (C=O) groups excluding carboxylic acids is 1. The maximum Gasteiger partial charge on any atom is 0.254 e. The summed E-state index contributed by atoms with van der Waals surface area (Å²) >= 11 is 0. The number of aryl methyl sites for hydroxylation is 1. The van der Waals surface area contributed by atoms with Gasteiger partial charge in [0.25, 0.3) is 5.91 Å². The van der Waals surface area contributed by atoms with Crippen molar-refractivity contribution in [2.45, 2.75) is 20.3 Å². The molecule has 154 valence electrons. The van der Waals surface area contributed by atoms with Crippen LogP contribution in [0.25, 0.3) is 22.2 Å². The Morgan fingerprint density at radius 3 is 2.48 bits per heavy atom. The number of rotatable bonds is 3. The quantitative estimate of drug-likeness (QED) is 0.643. The van der Waals surface area contributed by atoms with Crippen LogP contribution in [0, 0.1) is 12.3 Å². The lowest BCUT2D eigenvalue weighted by atomic mass is 9.90. The number of hydrogen-bond donors (Lipinski definition) is 1. The highest BCUT2D eigenvalue weighted by Crippen LogP contribution is 2.32. The summed E-state index contributed by atoms with van der Waals surface area (Å²) < 4.78 is 0. The second-order valence-corrected chi connectivity index (χ2v) is 7.93. The zero-order valence-electron chi connectivity index (χ0n) is 16.7. The Hall–Kier alpha value is -2.14. The number of pyridine rings is 1. The van der Waals surface area contributed by atoms with Gasteiger partial charge in [-0.3, -0.25) is 4.79 Å². The Bertz CT molecular complexity index is 1010. The van der Waals surface area contributed by atoms with Gasteiger partial charge in [0.05, 0.1) is 16.8 Å². The molecule has 1 saturated heterocycles. The van der Waals surface area contributed by atoms with Crippen molar-refractivity contribution < 1.29 is 4.79 Å². The molecule has 2 aromatic carbocycles. The number of halogens is 2. The van der Waals surface area contributed by atoms with Crippen molar-refractivity contribution >= 4 is 41.6 Å². The van der Waals surface area contributed by atoms with Gasteiger partial charge in [-0.25, -0.2) is 4.98 Å². The lowest BCUT2D eigenvalue weighted by Gasteiger charge is -2.23. The highest BCUT2D eigenvalue weighted by molar-refractivity contribution is 6.07. The van der Waals surface area contributed by atoms with Crippen LogP contribution in [0.3, 0.4) is 0 Å². The summed E-state index contributed by atoms with van der Waals surface area (Å²) in [5, 5.41) is 0.903. The van der Waals surface area contributed by atoms with Gasteiger partial charge < -0.3 is 10.6 Å². The number of amides is 1. The molecular formula is C23H27Cl2N3O. The van der Waals surface area contributed by atoms with E-state index in [4.69, 9.17) is 10.7 Å². The first kappa shape index (κ1) is 23.1. The van der Waals surface area contributed by atoms with Gasteiger partial charge in [0, 0.05) is 24.0 Å². The first-order valence-corrected chi connectivity index (χ1v) is 9.45. The first-order chi connectivity index (χ1) is 13.0. The third-order valence-corrected chi connectivity index (χ3v) is 5.63. The summed E-state index contributed by atoms with van der Waals surface area (Å²) in [7, 11) is 0. The summed E-state index contributed by atoms with van der Waals surface area (Å²) in [4.78, 5) is 20.1. The predicted octanol–water partition coefficient (Wildman–Crippen LogP) is 4.86. The zero-order valence-corrected chi connectivity index (χ0v) is 18.4. The van der Waals surface area contributed by atoms with Crippen LogP contribution in [0.1, 0.15) is 29.3 Å². The lowest BCUT2D eigenvalue weighted by Crippen LogP contribution is -2.34. The molecule has 1 amide bonds. The van der Waals surface area contributed by atoms with Gasteiger partial charge in [-0.15, -0.1) is 24.8 Å². The molecule has 6 heteroatoms. The van der Waals surface area contributed by atoms with E-state index in [1.54, 1.807) is 0 Å². The van der Waals surface area contributed by atoms with Crippen LogP contribution >= 0.6 is 24.8 Å². The van der Waals surface area contributed by atoms with Crippen molar-refractivity contribution in [2.24, 2.45) is 11.1 Å². The number of benzene rings is 2. The first-order valence-electron chi connectivity index (χ1n) is 9.45. The Morgan fingerprint density at radius 1 is 1.14 bits per heavy atom. The number of fused-ring (bicyclic) bond motifs is 1. The SMILES string of the molecule is Cc1ccc(-c2cc(C(=O)N3CCC(C)(CN)C3)c3ccccc3n2)cc1.Cl.Cl. The van der Waals surface area contributed by atoms with Crippen LogP contribution in [0.4, 0.5) is 0 Å². The van der Waals surface area contributed by atoms with Crippen LogP contribution in [-0.4, -0.2) is 35.4 Å². The van der Waals surface area contributed by atoms with E-state index in [2.05, 4.69) is 38.1 Å². The molecule has 1 atom stereocenters. The molecule has 1 aromatic heterocycles. The molecule has 0 aliphatic carbocycles. The van der Waals surface area contributed by atoms with Gasteiger partial charge in [-0.2, -0.15) is 0 Å². The van der Waals surface area contributed by atoms with Crippen molar-refractivity contribution in [2.75, 3.05) is 19.6 Å². The molecule has 0 spiro atoms. The van der Waals surface area contributed by atoms with Gasteiger partial charge in [0.2, 0.25) is 0 Å². The summed E-state index contributed by atoms with van der Waals surface area (Å²) in [6.07, 6.45) is 0.947. The zero-order chi connectivity index (χ0) is 19.0. The molecule has 2 heterocycles. The molecule has 1 fully saturated rings. The van der Waals surface area contributed by atoms with E-state index in [0.29, 0.717) is 13.1 Å². The minimum Gasteiger partial charge on any atom is -0.338 e. The third kappa shape index (κ3) is 4.55. The van der Waals surface area contributed by atoms with Crippen molar-refractivity contribution in [3.8, 4) is 11.3 Å². The summed E-state index contributed by atoms with van der Waals surface area (Å²) in [6.45, 7) is 6.28. The Balaban J connectivity index is 0.00000150. The number of para-hydroxylation sites is 1. The number of nitrogens with zero attached hydrogens (tertiary/aromatic N) is 2. The average Bonchev–Trinajstić information content (AvgIpc) is 3.10. The standard InChI is InChI=1S/C23H25N3O.2ClH/c1-16-7-9-17(10-8-16)21-13-19(18-5-3-4-6-20(18)25-21)22(27)26-12-11-23(2,14-24)15-26;;/h3-10,13H,11-12,14-15,24H2,1-2H3;2*1H. The van der Waals surface area contributed by atoms with Crippen LogP contribution in [0.2, 0.25) is 0 Å². The van der Waals surface area contributed by atoms with Gasteiger partial charge in [-0.05, 0) is 37.4 Å². The largest absolute Gasteiger partial charge is 0.338 e. The van der Waals surface area contributed by atoms with E-state index in [1.807, 2.05) is 35.2 Å². The molecular weight excluding hydrogens is 405 g/mol. The van der Waals surface area contributed by atoms with Crippen molar-refractivity contribution in [3.63, 3.8) is 0 Å². The summed E-state index contributed by atoms with van der Waals surface area (Å²) in [6, 6.07) is 18.1. The van der Waals surface area contributed by atoms with Crippen LogP contribution in [0.5, 0.6) is 0 Å². The Labute approximate surface area is 184 Å². The normalized spacial score (nSPS) is 18.2. The molecule has 4 rings (SSSR count). The molecule has 0 radical (unpaired) electrons. The number of likely N-dealkylation sites (tertiary alicyclic amines) is 1. The average molecular weight is 432 g/mol. The maximum atomic E-state index is 13.4. The minimum absolute atomic E-state index is 0. The molecule has 1 aliphatic rings. The van der Waals surface area contributed by atoms with Gasteiger partial charge in [-0.1, -0.05) is 55.0 Å². The highest BCUT2D eigenvalue weighted by Gasteiger charge is 2.35. The summed E-state index contributed by atoms with van der Waals surface area (Å²) in [5.74, 6) is 0.0686. The number of aromatic nitrogens is 1. The van der Waals surface area contributed by atoms with Crippen molar-refractivity contribution in [1.29, 1.82) is 0 Å². The molecule has 4 nitrogen and oxygen atoms in total. The Kier molecular flexibility index (Phi) is 7.28. The van der Waals surface area contributed by atoms with Crippen molar-refractivity contribution in [3.05, 3.63) is 65.7 Å². The summed E-state index contributed by atoms with van der Waals surface area (Å²) in [5.41, 5.74) is 10.6. The van der Waals surface area contributed by atoms with E-state index in [9.17, 15) is 4.79 Å².